The van der Waals surface area contributed by atoms with Gasteiger partial charge >= 0.3 is 0 Å². The monoisotopic (exact) mass is 204 g/mol. The summed E-state index contributed by atoms with van der Waals surface area (Å²) in [5.74, 6) is -0.140. The summed E-state index contributed by atoms with van der Waals surface area (Å²) >= 11 is 0. The van der Waals surface area contributed by atoms with Gasteiger partial charge in [0.05, 0.1) is 6.04 Å². The Bertz CT molecular complexity index is 322. The number of hydrogen-bond donors (Lipinski definition) is 2. The van der Waals surface area contributed by atoms with Crippen molar-refractivity contribution in [3.05, 3.63) is 48.6 Å². The van der Waals surface area contributed by atoms with Gasteiger partial charge in [0.25, 0.3) is 0 Å². The third-order valence-electron chi connectivity index (χ3n) is 2.06. The van der Waals surface area contributed by atoms with E-state index in [0.29, 0.717) is 13.0 Å². The molecule has 1 atom stereocenters. The van der Waals surface area contributed by atoms with Gasteiger partial charge in [-0.3, -0.25) is 4.79 Å². The first-order valence-corrected chi connectivity index (χ1v) is 4.92. The van der Waals surface area contributed by atoms with E-state index in [1.165, 1.54) is 0 Å². The van der Waals surface area contributed by atoms with Gasteiger partial charge in [-0.15, -0.1) is 6.58 Å². The van der Waals surface area contributed by atoms with Crippen LogP contribution in [0.4, 0.5) is 0 Å². The average Bonchev–Trinajstić information content (AvgIpc) is 2.27. The fraction of sp³-hybridized carbons (Fsp3) is 0.250. The van der Waals surface area contributed by atoms with Crippen LogP contribution in [0, 0.1) is 0 Å². The van der Waals surface area contributed by atoms with Gasteiger partial charge in [-0.1, -0.05) is 36.4 Å². The van der Waals surface area contributed by atoms with Gasteiger partial charge in [0.1, 0.15) is 0 Å². The normalized spacial score (nSPS) is 11.8. The lowest BCUT2D eigenvalue weighted by Gasteiger charge is -2.10. The van der Waals surface area contributed by atoms with Crippen LogP contribution in [-0.4, -0.2) is 18.5 Å². The first-order valence-electron chi connectivity index (χ1n) is 4.92. The van der Waals surface area contributed by atoms with E-state index in [0.717, 1.165) is 5.56 Å². The molecule has 0 radical (unpaired) electrons. The van der Waals surface area contributed by atoms with Gasteiger partial charge in [-0.2, -0.15) is 0 Å². The molecule has 1 aromatic carbocycles. The number of carbonyl (C=O) groups is 1. The van der Waals surface area contributed by atoms with Crippen LogP contribution in [-0.2, 0) is 11.2 Å². The highest BCUT2D eigenvalue weighted by molar-refractivity contribution is 5.81. The Hall–Kier alpha value is -1.61. The lowest BCUT2D eigenvalue weighted by atomic mass is 10.1. The molecule has 0 spiro atoms. The van der Waals surface area contributed by atoms with Crippen LogP contribution in [0.15, 0.2) is 43.0 Å². The number of nitrogens with two attached hydrogens (primary N) is 1. The summed E-state index contributed by atoms with van der Waals surface area (Å²) in [4.78, 5) is 11.4. The van der Waals surface area contributed by atoms with Gasteiger partial charge < -0.3 is 11.1 Å². The fourth-order valence-corrected chi connectivity index (χ4v) is 1.26. The largest absolute Gasteiger partial charge is 0.351 e. The maximum Gasteiger partial charge on any atom is 0.237 e. The lowest BCUT2D eigenvalue weighted by Crippen LogP contribution is -2.42. The average molecular weight is 204 g/mol. The first kappa shape index (κ1) is 11.5. The molecule has 0 aliphatic rings. The highest BCUT2D eigenvalue weighted by atomic mass is 16.2. The summed E-state index contributed by atoms with van der Waals surface area (Å²) in [7, 11) is 0. The minimum absolute atomic E-state index is 0.140. The minimum Gasteiger partial charge on any atom is -0.351 e. The van der Waals surface area contributed by atoms with Crippen molar-refractivity contribution in [2.24, 2.45) is 5.73 Å². The van der Waals surface area contributed by atoms with Crippen molar-refractivity contribution >= 4 is 5.91 Å². The summed E-state index contributed by atoms with van der Waals surface area (Å²) in [5, 5.41) is 2.67. The minimum atomic E-state index is -0.493. The van der Waals surface area contributed by atoms with E-state index in [2.05, 4.69) is 11.9 Å². The fourth-order valence-electron chi connectivity index (χ4n) is 1.26. The highest BCUT2D eigenvalue weighted by Crippen LogP contribution is 2.01. The molecular formula is C12H16N2O. The number of benzene rings is 1. The summed E-state index contributed by atoms with van der Waals surface area (Å²) in [6, 6.07) is 9.23. The number of rotatable bonds is 5. The van der Waals surface area contributed by atoms with Crippen LogP contribution in [0.25, 0.3) is 0 Å². The van der Waals surface area contributed by atoms with Crippen molar-refractivity contribution in [3.8, 4) is 0 Å². The molecule has 0 bridgehead atoms. The maximum atomic E-state index is 11.4. The maximum absolute atomic E-state index is 11.4. The van der Waals surface area contributed by atoms with Gasteiger partial charge in [-0.25, -0.2) is 0 Å². The molecular weight excluding hydrogens is 188 g/mol. The van der Waals surface area contributed by atoms with Crippen molar-refractivity contribution in [3.63, 3.8) is 0 Å². The summed E-state index contributed by atoms with van der Waals surface area (Å²) in [6.45, 7) is 3.98. The molecule has 1 aromatic rings. The zero-order valence-electron chi connectivity index (χ0n) is 8.65. The van der Waals surface area contributed by atoms with Gasteiger partial charge in [-0.05, 0) is 12.0 Å². The van der Waals surface area contributed by atoms with Crippen LogP contribution >= 0.6 is 0 Å². The van der Waals surface area contributed by atoms with Crippen molar-refractivity contribution < 1.29 is 4.79 Å². The number of carbonyl (C=O) groups excluding carboxylic acids is 1. The van der Waals surface area contributed by atoms with E-state index in [4.69, 9.17) is 5.73 Å². The van der Waals surface area contributed by atoms with E-state index in [9.17, 15) is 4.79 Å². The van der Waals surface area contributed by atoms with Crippen molar-refractivity contribution in [1.82, 2.24) is 5.32 Å². The van der Waals surface area contributed by atoms with Crippen LogP contribution in [0.3, 0.4) is 0 Å². The summed E-state index contributed by atoms with van der Waals surface area (Å²) in [5.41, 5.74) is 6.81. The van der Waals surface area contributed by atoms with Crippen LogP contribution in [0.5, 0.6) is 0 Å². The van der Waals surface area contributed by atoms with Gasteiger partial charge in [0.2, 0.25) is 5.91 Å². The van der Waals surface area contributed by atoms with Crippen LogP contribution < -0.4 is 11.1 Å². The SMILES string of the molecule is C=CCNC(=O)[C@@H](N)Cc1ccccc1. The Morgan fingerprint density at radius 1 is 1.47 bits per heavy atom. The Balaban J connectivity index is 2.45. The van der Waals surface area contributed by atoms with Crippen molar-refractivity contribution in [1.29, 1.82) is 0 Å². The summed E-state index contributed by atoms with van der Waals surface area (Å²) < 4.78 is 0. The molecule has 0 heterocycles. The molecule has 3 N–H and O–H groups in total. The second-order valence-electron chi connectivity index (χ2n) is 3.33. The second kappa shape index (κ2) is 5.98. The zero-order chi connectivity index (χ0) is 11.1. The molecule has 3 heteroatoms. The number of amides is 1. The molecule has 0 saturated carbocycles. The van der Waals surface area contributed by atoms with E-state index >= 15 is 0 Å². The number of nitrogens with one attached hydrogen (secondary N) is 1. The predicted molar refractivity (Wildman–Crippen MR) is 61.3 cm³/mol. The molecule has 15 heavy (non-hydrogen) atoms. The lowest BCUT2D eigenvalue weighted by molar-refractivity contribution is -0.122. The van der Waals surface area contributed by atoms with Gasteiger partial charge in [0.15, 0.2) is 0 Å². The molecule has 3 nitrogen and oxygen atoms in total. The molecule has 0 aromatic heterocycles. The van der Waals surface area contributed by atoms with E-state index in [1.807, 2.05) is 30.3 Å². The van der Waals surface area contributed by atoms with E-state index in [1.54, 1.807) is 6.08 Å². The molecule has 0 aliphatic carbocycles. The molecule has 0 saturated heterocycles. The zero-order valence-corrected chi connectivity index (χ0v) is 8.65. The quantitative estimate of drug-likeness (QED) is 0.699. The molecule has 1 rings (SSSR count). The molecule has 0 unspecified atom stereocenters. The topological polar surface area (TPSA) is 55.1 Å². The van der Waals surface area contributed by atoms with Crippen molar-refractivity contribution in [2.75, 3.05) is 6.54 Å². The third kappa shape index (κ3) is 3.95. The standard InChI is InChI=1S/C12H16N2O/c1-2-8-14-12(15)11(13)9-10-6-4-3-5-7-10/h2-7,11H,1,8-9,13H2,(H,14,15)/t11-/m0/s1. The van der Waals surface area contributed by atoms with Crippen LogP contribution in [0.1, 0.15) is 5.56 Å². The summed E-state index contributed by atoms with van der Waals surface area (Å²) in [6.07, 6.45) is 2.19. The van der Waals surface area contributed by atoms with Crippen LogP contribution in [0.2, 0.25) is 0 Å². The molecule has 0 fully saturated rings. The molecule has 0 aliphatic heterocycles. The Kier molecular flexibility index (Phi) is 4.57. The molecule has 1 amide bonds. The Morgan fingerprint density at radius 2 is 2.13 bits per heavy atom. The third-order valence-corrected chi connectivity index (χ3v) is 2.06. The van der Waals surface area contributed by atoms with E-state index in [-0.39, 0.29) is 5.91 Å². The Morgan fingerprint density at radius 3 is 2.73 bits per heavy atom. The first-order chi connectivity index (χ1) is 7.24. The van der Waals surface area contributed by atoms with Crippen molar-refractivity contribution in [2.45, 2.75) is 12.5 Å². The Labute approximate surface area is 90.0 Å². The second-order valence-corrected chi connectivity index (χ2v) is 3.33. The smallest absolute Gasteiger partial charge is 0.237 e. The van der Waals surface area contributed by atoms with Gasteiger partial charge in [0, 0.05) is 6.54 Å². The highest BCUT2D eigenvalue weighted by Gasteiger charge is 2.12. The number of hydrogen-bond acceptors (Lipinski definition) is 2. The molecule has 80 valence electrons. The van der Waals surface area contributed by atoms with E-state index < -0.39 is 6.04 Å². The predicted octanol–water partition coefficient (Wildman–Crippen LogP) is 0.859.